The monoisotopic (exact) mass is 233 g/mol. The van der Waals surface area contributed by atoms with Crippen LogP contribution in [0, 0.1) is 13.8 Å². The van der Waals surface area contributed by atoms with E-state index in [0.29, 0.717) is 6.04 Å². The maximum atomic E-state index is 4.54. The highest BCUT2D eigenvalue weighted by atomic mass is 15.2. The number of pyridine rings is 1. The van der Waals surface area contributed by atoms with Gasteiger partial charge in [0.05, 0.1) is 17.1 Å². The Kier molecular flexibility index (Phi) is 3.55. The SMILES string of the molecule is CCC(CC)N1CCNc2c1cc(C)nc2C. The summed E-state index contributed by atoms with van der Waals surface area (Å²) in [6.45, 7) is 10.8. The molecule has 0 saturated carbocycles. The van der Waals surface area contributed by atoms with Crippen molar-refractivity contribution in [1.29, 1.82) is 0 Å². The molecule has 0 spiro atoms. The van der Waals surface area contributed by atoms with Crippen molar-refractivity contribution in [2.75, 3.05) is 23.3 Å². The van der Waals surface area contributed by atoms with Gasteiger partial charge < -0.3 is 10.2 Å². The highest BCUT2D eigenvalue weighted by molar-refractivity contribution is 5.74. The Hall–Kier alpha value is -1.25. The minimum atomic E-state index is 0.650. The van der Waals surface area contributed by atoms with Gasteiger partial charge in [-0.15, -0.1) is 0 Å². The van der Waals surface area contributed by atoms with Crippen LogP contribution in [0.25, 0.3) is 0 Å². The first-order chi connectivity index (χ1) is 8.17. The summed E-state index contributed by atoms with van der Waals surface area (Å²) in [5, 5.41) is 3.49. The molecule has 0 unspecified atom stereocenters. The Morgan fingerprint density at radius 1 is 1.35 bits per heavy atom. The average molecular weight is 233 g/mol. The van der Waals surface area contributed by atoms with E-state index >= 15 is 0 Å². The van der Waals surface area contributed by atoms with Gasteiger partial charge in [-0.25, -0.2) is 0 Å². The fourth-order valence-corrected chi connectivity index (χ4v) is 2.78. The quantitative estimate of drug-likeness (QED) is 0.869. The van der Waals surface area contributed by atoms with Crippen LogP contribution in [0.1, 0.15) is 38.1 Å². The molecule has 1 N–H and O–H groups in total. The second kappa shape index (κ2) is 4.94. The number of aromatic nitrogens is 1. The Balaban J connectivity index is 2.43. The van der Waals surface area contributed by atoms with E-state index in [2.05, 4.69) is 49.0 Å². The van der Waals surface area contributed by atoms with Crippen molar-refractivity contribution in [1.82, 2.24) is 4.98 Å². The number of hydrogen-bond acceptors (Lipinski definition) is 3. The summed E-state index contributed by atoms with van der Waals surface area (Å²) < 4.78 is 0. The molecular weight excluding hydrogens is 210 g/mol. The van der Waals surface area contributed by atoms with Crippen molar-refractivity contribution in [2.24, 2.45) is 0 Å². The van der Waals surface area contributed by atoms with E-state index in [1.165, 1.54) is 24.2 Å². The van der Waals surface area contributed by atoms with Gasteiger partial charge in [-0.1, -0.05) is 13.8 Å². The summed E-state index contributed by atoms with van der Waals surface area (Å²) in [5.74, 6) is 0. The third-order valence-electron chi connectivity index (χ3n) is 3.65. The number of anilines is 2. The summed E-state index contributed by atoms with van der Waals surface area (Å²) in [4.78, 5) is 7.09. The molecule has 1 aromatic rings. The van der Waals surface area contributed by atoms with E-state index in [-0.39, 0.29) is 0 Å². The molecule has 1 aliphatic rings. The van der Waals surface area contributed by atoms with Crippen LogP contribution < -0.4 is 10.2 Å². The first-order valence-corrected chi connectivity index (χ1v) is 6.66. The number of fused-ring (bicyclic) bond motifs is 1. The number of nitrogens with one attached hydrogen (secondary N) is 1. The number of rotatable bonds is 3. The lowest BCUT2D eigenvalue weighted by atomic mass is 10.1. The van der Waals surface area contributed by atoms with Gasteiger partial charge in [-0.3, -0.25) is 4.98 Å². The zero-order valence-electron chi connectivity index (χ0n) is 11.4. The smallest absolute Gasteiger partial charge is 0.0795 e. The molecule has 2 rings (SSSR count). The summed E-state index contributed by atoms with van der Waals surface area (Å²) in [6.07, 6.45) is 2.41. The van der Waals surface area contributed by atoms with E-state index in [1.807, 2.05) is 0 Å². The second-order valence-electron chi connectivity index (χ2n) is 4.83. The van der Waals surface area contributed by atoms with Crippen molar-refractivity contribution in [3.63, 3.8) is 0 Å². The van der Waals surface area contributed by atoms with E-state index in [0.717, 1.165) is 24.5 Å². The molecule has 0 saturated heterocycles. The Labute approximate surface area is 104 Å². The third-order valence-corrected chi connectivity index (χ3v) is 3.65. The van der Waals surface area contributed by atoms with E-state index in [9.17, 15) is 0 Å². The molecule has 0 amide bonds. The normalized spacial score (nSPS) is 14.8. The molecule has 0 atom stereocenters. The van der Waals surface area contributed by atoms with Crippen LogP contribution in [-0.4, -0.2) is 24.1 Å². The second-order valence-corrected chi connectivity index (χ2v) is 4.83. The van der Waals surface area contributed by atoms with Gasteiger partial charge in [-0.05, 0) is 32.8 Å². The maximum absolute atomic E-state index is 4.54. The summed E-state index contributed by atoms with van der Waals surface area (Å²) >= 11 is 0. The average Bonchev–Trinajstić information content (AvgIpc) is 2.31. The lowest BCUT2D eigenvalue weighted by molar-refractivity contribution is 0.556. The molecule has 3 nitrogen and oxygen atoms in total. The third kappa shape index (κ3) is 2.24. The topological polar surface area (TPSA) is 28.2 Å². The molecule has 1 aliphatic heterocycles. The predicted molar refractivity (Wildman–Crippen MR) is 73.9 cm³/mol. The molecule has 17 heavy (non-hydrogen) atoms. The van der Waals surface area contributed by atoms with Crippen LogP contribution >= 0.6 is 0 Å². The first-order valence-electron chi connectivity index (χ1n) is 6.66. The van der Waals surface area contributed by atoms with Gasteiger partial charge in [0.2, 0.25) is 0 Å². The van der Waals surface area contributed by atoms with Crippen LogP contribution in [0.2, 0.25) is 0 Å². The minimum Gasteiger partial charge on any atom is -0.380 e. The van der Waals surface area contributed by atoms with Crippen LogP contribution in [0.3, 0.4) is 0 Å². The Morgan fingerprint density at radius 2 is 2.06 bits per heavy atom. The van der Waals surface area contributed by atoms with Crippen molar-refractivity contribution < 1.29 is 0 Å². The van der Waals surface area contributed by atoms with Crippen molar-refractivity contribution in [2.45, 2.75) is 46.6 Å². The van der Waals surface area contributed by atoms with Crippen LogP contribution in [0.5, 0.6) is 0 Å². The highest BCUT2D eigenvalue weighted by Crippen LogP contribution is 2.34. The van der Waals surface area contributed by atoms with Crippen molar-refractivity contribution in [3.05, 3.63) is 17.5 Å². The molecule has 2 heterocycles. The number of nitrogens with zero attached hydrogens (tertiary/aromatic N) is 2. The standard InChI is InChI=1S/C14H23N3/c1-5-12(6-2)17-8-7-15-14-11(4)16-10(3)9-13(14)17/h9,12,15H,5-8H2,1-4H3. The van der Waals surface area contributed by atoms with Gasteiger partial charge in [-0.2, -0.15) is 0 Å². The van der Waals surface area contributed by atoms with Gasteiger partial charge in [0, 0.05) is 24.8 Å². The number of aryl methyl sites for hydroxylation is 2. The molecule has 0 radical (unpaired) electrons. The maximum Gasteiger partial charge on any atom is 0.0795 e. The lowest BCUT2D eigenvalue weighted by Gasteiger charge is -2.38. The Bertz CT molecular complexity index is 397. The van der Waals surface area contributed by atoms with E-state index in [4.69, 9.17) is 0 Å². The zero-order chi connectivity index (χ0) is 12.4. The zero-order valence-corrected chi connectivity index (χ0v) is 11.4. The molecule has 0 fully saturated rings. The van der Waals surface area contributed by atoms with Crippen molar-refractivity contribution in [3.8, 4) is 0 Å². The van der Waals surface area contributed by atoms with Crippen LogP contribution in [-0.2, 0) is 0 Å². The predicted octanol–water partition coefficient (Wildman–Crippen LogP) is 3.12. The van der Waals surface area contributed by atoms with E-state index in [1.54, 1.807) is 0 Å². The highest BCUT2D eigenvalue weighted by Gasteiger charge is 2.23. The summed E-state index contributed by atoms with van der Waals surface area (Å²) in [6, 6.07) is 2.87. The van der Waals surface area contributed by atoms with Crippen molar-refractivity contribution >= 4 is 11.4 Å². The van der Waals surface area contributed by atoms with Gasteiger partial charge in [0.25, 0.3) is 0 Å². The summed E-state index contributed by atoms with van der Waals surface area (Å²) in [7, 11) is 0. The first kappa shape index (κ1) is 12.2. The number of hydrogen-bond donors (Lipinski definition) is 1. The van der Waals surface area contributed by atoms with Gasteiger partial charge >= 0.3 is 0 Å². The molecule has 94 valence electrons. The fourth-order valence-electron chi connectivity index (χ4n) is 2.78. The molecule has 0 aliphatic carbocycles. The Morgan fingerprint density at radius 3 is 2.71 bits per heavy atom. The minimum absolute atomic E-state index is 0.650. The lowest BCUT2D eigenvalue weighted by Crippen LogP contribution is -2.41. The molecule has 1 aromatic heterocycles. The van der Waals surface area contributed by atoms with Crippen LogP contribution in [0.15, 0.2) is 6.07 Å². The molecule has 0 aromatic carbocycles. The van der Waals surface area contributed by atoms with E-state index < -0.39 is 0 Å². The van der Waals surface area contributed by atoms with Gasteiger partial charge in [0.1, 0.15) is 0 Å². The van der Waals surface area contributed by atoms with Crippen LogP contribution in [0.4, 0.5) is 11.4 Å². The molecular formula is C14H23N3. The largest absolute Gasteiger partial charge is 0.380 e. The fraction of sp³-hybridized carbons (Fsp3) is 0.643. The molecule has 0 bridgehead atoms. The summed E-state index contributed by atoms with van der Waals surface area (Å²) in [5.41, 5.74) is 4.81. The molecule has 3 heteroatoms. The van der Waals surface area contributed by atoms with Gasteiger partial charge in [0.15, 0.2) is 0 Å².